The maximum absolute atomic E-state index is 5.88. The number of halogens is 1. The van der Waals surface area contributed by atoms with Crippen molar-refractivity contribution in [3.63, 3.8) is 0 Å². The van der Waals surface area contributed by atoms with Crippen LogP contribution in [0.15, 0.2) is 48.7 Å². The van der Waals surface area contributed by atoms with Crippen molar-refractivity contribution in [2.45, 2.75) is 13.5 Å². The Morgan fingerprint density at radius 1 is 1.19 bits per heavy atom. The van der Waals surface area contributed by atoms with Gasteiger partial charge in [-0.25, -0.2) is 9.97 Å². The molecular weight excluding hydrogens is 302 g/mol. The molecule has 0 spiro atoms. The zero-order valence-corrected chi connectivity index (χ0v) is 13.1. The summed E-state index contributed by atoms with van der Waals surface area (Å²) in [5, 5.41) is 4.90. The van der Waals surface area contributed by atoms with Crippen LogP contribution in [-0.2, 0) is 6.54 Å². The lowest BCUT2D eigenvalue weighted by Gasteiger charge is -2.04. The van der Waals surface area contributed by atoms with Crippen molar-refractivity contribution in [2.24, 2.45) is 0 Å². The third kappa shape index (κ3) is 3.40. The van der Waals surface area contributed by atoms with Crippen molar-refractivity contribution in [3.8, 4) is 10.6 Å². The molecule has 0 radical (unpaired) electrons. The van der Waals surface area contributed by atoms with E-state index in [1.54, 1.807) is 17.5 Å². The lowest BCUT2D eigenvalue weighted by molar-refractivity contribution is 1.12. The number of hydrogen-bond donors (Lipinski definition) is 1. The molecule has 0 fully saturated rings. The zero-order chi connectivity index (χ0) is 14.7. The van der Waals surface area contributed by atoms with Gasteiger partial charge in [0.05, 0.1) is 12.2 Å². The summed E-state index contributed by atoms with van der Waals surface area (Å²) in [5.41, 5.74) is 3.18. The second kappa shape index (κ2) is 6.24. The molecule has 0 saturated carbocycles. The molecule has 0 aliphatic carbocycles. The molecule has 3 aromatic rings. The largest absolute Gasteiger partial charge is 0.380 e. The molecule has 3 nitrogen and oxygen atoms in total. The molecule has 2 heterocycles. The van der Waals surface area contributed by atoms with Gasteiger partial charge in [0.1, 0.15) is 10.2 Å². The Balaban J connectivity index is 1.76. The Kier molecular flexibility index (Phi) is 4.18. The van der Waals surface area contributed by atoms with Crippen LogP contribution in [0.2, 0.25) is 5.15 Å². The van der Waals surface area contributed by atoms with Crippen LogP contribution in [0.4, 0.5) is 5.69 Å². The molecule has 106 valence electrons. The Morgan fingerprint density at radius 3 is 2.76 bits per heavy atom. The zero-order valence-electron chi connectivity index (χ0n) is 11.5. The Bertz CT molecular complexity index is 740. The molecule has 1 N–H and O–H groups in total. The Morgan fingerprint density at radius 2 is 2.00 bits per heavy atom. The van der Waals surface area contributed by atoms with Gasteiger partial charge in [0.25, 0.3) is 0 Å². The second-order valence-electron chi connectivity index (χ2n) is 4.61. The maximum atomic E-state index is 5.88. The van der Waals surface area contributed by atoms with Gasteiger partial charge in [-0.05, 0) is 19.1 Å². The van der Waals surface area contributed by atoms with E-state index in [1.165, 1.54) is 4.88 Å². The summed E-state index contributed by atoms with van der Waals surface area (Å²) in [5.74, 6) is 0. The van der Waals surface area contributed by atoms with Gasteiger partial charge in [-0.15, -0.1) is 11.3 Å². The number of rotatable bonds is 4. The highest BCUT2D eigenvalue weighted by Gasteiger charge is 2.09. The van der Waals surface area contributed by atoms with Crippen LogP contribution in [0, 0.1) is 6.92 Å². The minimum absolute atomic E-state index is 0.492. The van der Waals surface area contributed by atoms with Gasteiger partial charge >= 0.3 is 0 Å². The van der Waals surface area contributed by atoms with E-state index >= 15 is 0 Å². The van der Waals surface area contributed by atoms with E-state index in [-0.39, 0.29) is 0 Å². The van der Waals surface area contributed by atoms with Crippen LogP contribution in [0.5, 0.6) is 0 Å². The smallest absolute Gasteiger partial charge is 0.131 e. The molecule has 5 heteroatoms. The monoisotopic (exact) mass is 315 g/mol. The maximum Gasteiger partial charge on any atom is 0.131 e. The SMILES string of the molecule is Cc1nc(-c2ccccc2)sc1CNc1ccnc(Cl)c1. The summed E-state index contributed by atoms with van der Waals surface area (Å²) >= 11 is 7.59. The molecule has 1 aromatic carbocycles. The van der Waals surface area contributed by atoms with E-state index in [2.05, 4.69) is 27.4 Å². The number of anilines is 1. The molecule has 0 amide bonds. The van der Waals surface area contributed by atoms with Crippen LogP contribution >= 0.6 is 22.9 Å². The minimum Gasteiger partial charge on any atom is -0.380 e. The standard InChI is InChI=1S/C16H14ClN3S/c1-11-14(10-19-13-7-8-18-15(17)9-13)21-16(20-11)12-5-3-2-4-6-12/h2-9H,10H2,1H3,(H,18,19). The number of thiazole rings is 1. The first kappa shape index (κ1) is 14.0. The quantitative estimate of drug-likeness (QED) is 0.704. The summed E-state index contributed by atoms with van der Waals surface area (Å²) in [6.07, 6.45) is 1.69. The fourth-order valence-electron chi connectivity index (χ4n) is 1.99. The lowest BCUT2D eigenvalue weighted by atomic mass is 10.2. The number of hydrogen-bond acceptors (Lipinski definition) is 4. The van der Waals surface area contributed by atoms with E-state index in [0.717, 1.165) is 28.5 Å². The van der Waals surface area contributed by atoms with Crippen molar-refractivity contribution in [1.82, 2.24) is 9.97 Å². The lowest BCUT2D eigenvalue weighted by Crippen LogP contribution is -1.99. The number of pyridine rings is 1. The van der Waals surface area contributed by atoms with E-state index in [9.17, 15) is 0 Å². The van der Waals surface area contributed by atoms with Crippen molar-refractivity contribution in [2.75, 3.05) is 5.32 Å². The summed E-state index contributed by atoms with van der Waals surface area (Å²) in [6, 6.07) is 14.0. The molecule has 21 heavy (non-hydrogen) atoms. The molecule has 0 aliphatic heterocycles. The average molecular weight is 316 g/mol. The van der Waals surface area contributed by atoms with Crippen molar-refractivity contribution in [1.29, 1.82) is 0 Å². The molecular formula is C16H14ClN3S. The van der Waals surface area contributed by atoms with Crippen molar-refractivity contribution >= 4 is 28.6 Å². The first-order valence-corrected chi connectivity index (χ1v) is 7.79. The topological polar surface area (TPSA) is 37.8 Å². The summed E-state index contributed by atoms with van der Waals surface area (Å²) in [4.78, 5) is 9.85. The third-order valence-electron chi connectivity index (χ3n) is 3.09. The van der Waals surface area contributed by atoms with Gasteiger partial charge in [-0.2, -0.15) is 0 Å². The number of benzene rings is 1. The molecule has 0 atom stereocenters. The summed E-state index contributed by atoms with van der Waals surface area (Å²) in [7, 11) is 0. The van der Waals surface area contributed by atoms with Gasteiger partial charge in [-0.1, -0.05) is 41.9 Å². The highest BCUT2D eigenvalue weighted by Crippen LogP contribution is 2.28. The van der Waals surface area contributed by atoms with Crippen LogP contribution < -0.4 is 5.32 Å². The average Bonchev–Trinajstić information content (AvgIpc) is 2.87. The van der Waals surface area contributed by atoms with Gasteiger partial charge in [-0.3, -0.25) is 0 Å². The summed E-state index contributed by atoms with van der Waals surface area (Å²) < 4.78 is 0. The molecule has 2 aromatic heterocycles. The third-order valence-corrected chi connectivity index (χ3v) is 4.51. The number of nitrogens with one attached hydrogen (secondary N) is 1. The second-order valence-corrected chi connectivity index (χ2v) is 6.09. The van der Waals surface area contributed by atoms with E-state index in [0.29, 0.717) is 5.15 Å². The van der Waals surface area contributed by atoms with Crippen LogP contribution in [0.1, 0.15) is 10.6 Å². The van der Waals surface area contributed by atoms with Gasteiger partial charge in [0.2, 0.25) is 0 Å². The van der Waals surface area contributed by atoms with Gasteiger partial charge in [0.15, 0.2) is 0 Å². The van der Waals surface area contributed by atoms with Crippen LogP contribution in [-0.4, -0.2) is 9.97 Å². The van der Waals surface area contributed by atoms with Crippen LogP contribution in [0.3, 0.4) is 0 Å². The first-order chi connectivity index (χ1) is 10.2. The van der Waals surface area contributed by atoms with Crippen molar-refractivity contribution < 1.29 is 0 Å². The van der Waals surface area contributed by atoms with Crippen LogP contribution in [0.25, 0.3) is 10.6 Å². The predicted molar refractivity (Wildman–Crippen MR) is 88.9 cm³/mol. The molecule has 0 saturated heterocycles. The Labute approximate surface area is 132 Å². The first-order valence-electron chi connectivity index (χ1n) is 6.59. The number of nitrogens with zero attached hydrogens (tertiary/aromatic N) is 2. The predicted octanol–water partition coefficient (Wildman–Crippen LogP) is 4.78. The molecule has 0 aliphatic rings. The fourth-order valence-corrected chi connectivity index (χ4v) is 3.17. The van der Waals surface area contributed by atoms with E-state index in [4.69, 9.17) is 11.6 Å². The van der Waals surface area contributed by atoms with Gasteiger partial charge in [0, 0.05) is 22.3 Å². The summed E-state index contributed by atoms with van der Waals surface area (Å²) in [6.45, 7) is 2.77. The number of aromatic nitrogens is 2. The van der Waals surface area contributed by atoms with Gasteiger partial charge < -0.3 is 5.32 Å². The number of aryl methyl sites for hydroxylation is 1. The van der Waals surface area contributed by atoms with Crippen molar-refractivity contribution in [3.05, 3.63) is 64.4 Å². The molecule has 0 bridgehead atoms. The highest BCUT2D eigenvalue weighted by molar-refractivity contribution is 7.15. The molecule has 3 rings (SSSR count). The fraction of sp³-hybridized carbons (Fsp3) is 0.125. The van der Waals surface area contributed by atoms with E-state index in [1.807, 2.05) is 37.3 Å². The molecule has 0 unspecified atom stereocenters. The Hall–Kier alpha value is -1.91. The highest BCUT2D eigenvalue weighted by atomic mass is 35.5. The van der Waals surface area contributed by atoms with E-state index < -0.39 is 0 Å². The minimum atomic E-state index is 0.492. The normalized spacial score (nSPS) is 10.6.